The summed E-state index contributed by atoms with van der Waals surface area (Å²) in [6.45, 7) is 0. The summed E-state index contributed by atoms with van der Waals surface area (Å²) < 4.78 is 4.28. The molecule has 59 heavy (non-hydrogen) atoms. The minimum Gasteiger partial charge on any atom is -0.310 e. The van der Waals surface area contributed by atoms with Crippen LogP contribution in [0.25, 0.3) is 87.9 Å². The Morgan fingerprint density at radius 3 is 1.36 bits per heavy atom. The van der Waals surface area contributed by atoms with Crippen LogP contribution in [0.15, 0.2) is 217 Å². The molecular weight excluding hydrogens is 719 g/mol. The first-order valence-corrected chi connectivity index (χ1v) is 20.1. The van der Waals surface area contributed by atoms with Crippen molar-refractivity contribution in [3.8, 4) is 33.4 Å². The molecule has 0 N–H and O–H groups in total. The molecule has 0 aliphatic rings. The lowest BCUT2D eigenvalue weighted by molar-refractivity contribution is 1.21. The second-order valence-corrected chi connectivity index (χ2v) is 15.3. The first-order chi connectivity index (χ1) is 29.2. The first-order valence-electron chi connectivity index (χ1n) is 20.1. The molecule has 3 heterocycles. The normalized spacial score (nSPS) is 11.8. The van der Waals surface area contributed by atoms with Gasteiger partial charge in [-0.15, -0.1) is 0 Å². The maximum atomic E-state index is 14.9. The van der Waals surface area contributed by atoms with Gasteiger partial charge in [0.2, 0.25) is 0 Å². The molecule has 12 aromatic rings. The van der Waals surface area contributed by atoms with Gasteiger partial charge in [-0.2, -0.15) is 0 Å². The highest BCUT2D eigenvalue weighted by molar-refractivity contribution is 6.24. The fourth-order valence-corrected chi connectivity index (χ4v) is 9.33. The highest BCUT2D eigenvalue weighted by Gasteiger charge is 2.23. The van der Waals surface area contributed by atoms with Crippen molar-refractivity contribution in [1.82, 2.24) is 8.80 Å². The molecule has 0 radical (unpaired) electrons. The summed E-state index contributed by atoms with van der Waals surface area (Å²) in [4.78, 5) is 17.2. The molecule has 0 aliphatic carbocycles. The van der Waals surface area contributed by atoms with E-state index in [1.165, 1.54) is 22.3 Å². The summed E-state index contributed by atoms with van der Waals surface area (Å²) in [5.41, 5.74) is 15.0. The number of hydrogen-bond acceptors (Lipinski definition) is 2. The molecule has 0 saturated carbocycles. The van der Waals surface area contributed by atoms with Crippen LogP contribution in [0.4, 0.5) is 17.1 Å². The molecule has 0 aliphatic heterocycles. The van der Waals surface area contributed by atoms with Crippen molar-refractivity contribution in [2.45, 2.75) is 0 Å². The topological polar surface area (TPSA) is 29.1 Å². The van der Waals surface area contributed by atoms with Gasteiger partial charge in [-0.05, 0) is 118 Å². The third-order valence-electron chi connectivity index (χ3n) is 12.0. The fraction of sp³-hybridized carbons (Fsp3) is 0. The standard InChI is InChI=1S/C55H35N3O/c59-55-47-23-13-14-24-50(47)57-51-29-25-38(41-32-39(36-15-5-1-6-16-36)31-40(33-41)37-17-7-2-8-18-37)34-48(51)45-27-28-46-49-35-44(26-30-52(49)58(55)54(46)53(45)57)56(42-19-9-3-10-20-42)43-21-11-4-12-22-43/h1-35H. The Labute approximate surface area is 340 Å². The van der Waals surface area contributed by atoms with Gasteiger partial charge < -0.3 is 9.30 Å². The second-order valence-electron chi connectivity index (χ2n) is 15.3. The SMILES string of the molecule is O=c1c2ccccc2n2c3ccc(-c4cc(-c5ccccc5)cc(-c5ccccc5)c4)cc3c3ccc4c5cc(N(c6ccccc6)c6ccccc6)ccc5n1c4c32. The second kappa shape index (κ2) is 13.1. The molecule has 0 amide bonds. The maximum Gasteiger partial charge on any atom is 0.265 e. The van der Waals surface area contributed by atoms with Crippen LogP contribution in [0.1, 0.15) is 0 Å². The Morgan fingerprint density at radius 1 is 0.288 bits per heavy atom. The fourth-order valence-electron chi connectivity index (χ4n) is 9.33. The molecule has 3 aromatic heterocycles. The predicted molar refractivity (Wildman–Crippen MR) is 247 cm³/mol. The van der Waals surface area contributed by atoms with Crippen LogP contribution in [0.5, 0.6) is 0 Å². The van der Waals surface area contributed by atoms with E-state index in [1.807, 2.05) is 34.7 Å². The molecule has 0 bridgehead atoms. The van der Waals surface area contributed by atoms with Crippen LogP contribution in [-0.2, 0) is 0 Å². The van der Waals surface area contributed by atoms with Gasteiger partial charge in [0, 0.05) is 38.6 Å². The lowest BCUT2D eigenvalue weighted by Crippen LogP contribution is -2.10. The Morgan fingerprint density at radius 2 is 0.746 bits per heavy atom. The number of nitrogens with zero attached hydrogens (tertiary/aromatic N) is 3. The summed E-state index contributed by atoms with van der Waals surface area (Å²) in [6.07, 6.45) is 0. The first kappa shape index (κ1) is 33.2. The van der Waals surface area contributed by atoms with E-state index in [9.17, 15) is 4.79 Å². The number of rotatable bonds is 6. The Bertz CT molecular complexity index is 3510. The number of hydrogen-bond donors (Lipinski definition) is 0. The van der Waals surface area contributed by atoms with E-state index in [0.29, 0.717) is 5.39 Å². The lowest BCUT2D eigenvalue weighted by Gasteiger charge is -2.25. The number of para-hydroxylation sites is 3. The molecule has 276 valence electrons. The van der Waals surface area contributed by atoms with E-state index >= 15 is 0 Å². The monoisotopic (exact) mass is 753 g/mol. The van der Waals surface area contributed by atoms with Crippen LogP contribution in [-0.4, -0.2) is 8.80 Å². The lowest BCUT2D eigenvalue weighted by atomic mass is 9.93. The van der Waals surface area contributed by atoms with E-state index in [2.05, 4.69) is 191 Å². The van der Waals surface area contributed by atoms with Crippen LogP contribution < -0.4 is 10.5 Å². The van der Waals surface area contributed by atoms with E-state index in [4.69, 9.17) is 0 Å². The van der Waals surface area contributed by atoms with E-state index in [-0.39, 0.29) is 5.56 Å². The number of aromatic nitrogens is 2. The molecular formula is C55H35N3O. The maximum absolute atomic E-state index is 14.9. The van der Waals surface area contributed by atoms with Crippen LogP contribution >= 0.6 is 0 Å². The molecule has 0 saturated heterocycles. The van der Waals surface area contributed by atoms with Gasteiger partial charge in [0.1, 0.15) is 0 Å². The van der Waals surface area contributed by atoms with Crippen LogP contribution in [0.3, 0.4) is 0 Å². The third-order valence-corrected chi connectivity index (χ3v) is 12.0. The number of benzene rings is 9. The number of anilines is 3. The quantitative estimate of drug-likeness (QED) is 0.169. The molecule has 0 atom stereocenters. The Balaban J connectivity index is 1.14. The van der Waals surface area contributed by atoms with Crippen molar-refractivity contribution in [3.63, 3.8) is 0 Å². The van der Waals surface area contributed by atoms with Crippen LogP contribution in [0, 0.1) is 0 Å². The summed E-state index contributed by atoms with van der Waals surface area (Å²) >= 11 is 0. The van der Waals surface area contributed by atoms with E-state index in [1.54, 1.807) is 0 Å². The van der Waals surface area contributed by atoms with Gasteiger partial charge in [0.05, 0.1) is 33.0 Å². The number of fused-ring (bicyclic) bond motifs is 8. The Hall–Kier alpha value is -7.95. The zero-order chi connectivity index (χ0) is 39.0. The molecule has 12 rings (SSSR count). The third kappa shape index (κ3) is 5.13. The highest BCUT2D eigenvalue weighted by Crippen LogP contribution is 2.43. The van der Waals surface area contributed by atoms with Crippen molar-refractivity contribution in [1.29, 1.82) is 0 Å². The van der Waals surface area contributed by atoms with Gasteiger partial charge >= 0.3 is 0 Å². The molecule has 4 nitrogen and oxygen atoms in total. The van der Waals surface area contributed by atoms with Crippen molar-refractivity contribution < 1.29 is 0 Å². The molecule has 0 fully saturated rings. The Kier molecular flexibility index (Phi) is 7.35. The minimum absolute atomic E-state index is 0.0246. The van der Waals surface area contributed by atoms with Crippen molar-refractivity contribution >= 4 is 71.6 Å². The zero-order valence-corrected chi connectivity index (χ0v) is 32.0. The molecule has 9 aromatic carbocycles. The smallest absolute Gasteiger partial charge is 0.265 e. The predicted octanol–water partition coefficient (Wildman–Crippen LogP) is 14.1. The van der Waals surface area contributed by atoms with Gasteiger partial charge in [-0.3, -0.25) is 9.20 Å². The van der Waals surface area contributed by atoms with Gasteiger partial charge in [0.15, 0.2) is 0 Å². The summed E-state index contributed by atoms with van der Waals surface area (Å²) in [5, 5.41) is 5.01. The van der Waals surface area contributed by atoms with Crippen molar-refractivity contribution in [3.05, 3.63) is 223 Å². The molecule has 0 spiro atoms. The highest BCUT2D eigenvalue weighted by atomic mass is 16.1. The van der Waals surface area contributed by atoms with E-state index in [0.717, 1.165) is 77.3 Å². The largest absolute Gasteiger partial charge is 0.310 e. The minimum atomic E-state index is -0.0246. The van der Waals surface area contributed by atoms with Crippen molar-refractivity contribution in [2.24, 2.45) is 0 Å². The zero-order valence-electron chi connectivity index (χ0n) is 32.0. The van der Waals surface area contributed by atoms with Gasteiger partial charge in [-0.25, -0.2) is 0 Å². The van der Waals surface area contributed by atoms with Gasteiger partial charge in [-0.1, -0.05) is 127 Å². The van der Waals surface area contributed by atoms with Gasteiger partial charge in [0.25, 0.3) is 5.56 Å². The summed E-state index contributed by atoms with van der Waals surface area (Å²) in [7, 11) is 0. The van der Waals surface area contributed by atoms with E-state index < -0.39 is 0 Å². The molecule has 4 heteroatoms. The van der Waals surface area contributed by atoms with Crippen molar-refractivity contribution in [2.75, 3.05) is 4.90 Å². The summed E-state index contributed by atoms with van der Waals surface area (Å²) in [6, 6.07) is 74.9. The summed E-state index contributed by atoms with van der Waals surface area (Å²) in [5.74, 6) is 0. The average molecular weight is 754 g/mol. The molecule has 0 unspecified atom stereocenters. The van der Waals surface area contributed by atoms with Crippen LogP contribution in [0.2, 0.25) is 0 Å². The average Bonchev–Trinajstić information content (AvgIpc) is 3.78.